The number of rotatable bonds is 7. The average Bonchev–Trinajstić information content (AvgIpc) is 3.34. The van der Waals surface area contributed by atoms with Crippen LogP contribution in [0.4, 0.5) is 4.79 Å². The van der Waals surface area contributed by atoms with E-state index in [0.29, 0.717) is 12.8 Å². The molecule has 2 aliphatic carbocycles. The summed E-state index contributed by atoms with van der Waals surface area (Å²) in [7, 11) is 1.39. The first-order chi connectivity index (χ1) is 15.8. The molecular formula is C25H28N2O6. The molecular weight excluding hydrogens is 424 g/mol. The molecule has 33 heavy (non-hydrogen) atoms. The second kappa shape index (κ2) is 9.23. The van der Waals surface area contributed by atoms with Crippen LogP contribution in [0.2, 0.25) is 0 Å². The number of amides is 2. The lowest BCUT2D eigenvalue weighted by Crippen LogP contribution is -2.51. The molecule has 0 radical (unpaired) electrons. The van der Waals surface area contributed by atoms with Gasteiger partial charge in [-0.25, -0.2) is 14.7 Å². The fourth-order valence-electron chi connectivity index (χ4n) is 5.01. The third-order valence-electron chi connectivity index (χ3n) is 6.75. The molecule has 2 atom stereocenters. The average molecular weight is 453 g/mol. The van der Waals surface area contributed by atoms with Crippen molar-refractivity contribution in [1.82, 2.24) is 10.4 Å². The van der Waals surface area contributed by atoms with Crippen LogP contribution in [0.15, 0.2) is 48.5 Å². The maximum absolute atomic E-state index is 12.9. The molecule has 4 rings (SSSR count). The van der Waals surface area contributed by atoms with E-state index in [-0.39, 0.29) is 18.4 Å². The normalized spacial score (nSPS) is 21.2. The van der Waals surface area contributed by atoms with Crippen molar-refractivity contribution in [3.05, 3.63) is 59.7 Å². The van der Waals surface area contributed by atoms with E-state index in [4.69, 9.17) is 14.7 Å². The van der Waals surface area contributed by atoms with Crippen molar-refractivity contribution < 1.29 is 29.1 Å². The number of carboxylic acids is 1. The van der Waals surface area contributed by atoms with Gasteiger partial charge in [-0.3, -0.25) is 9.63 Å². The minimum absolute atomic E-state index is 0.0460. The summed E-state index contributed by atoms with van der Waals surface area (Å²) in [6.07, 6.45) is 1.36. The lowest BCUT2D eigenvalue weighted by Gasteiger charge is -2.33. The Balaban J connectivity index is 1.40. The lowest BCUT2D eigenvalue weighted by molar-refractivity contribution is -0.194. The summed E-state index contributed by atoms with van der Waals surface area (Å²) in [6, 6.07) is 15.8. The molecule has 0 bridgehead atoms. The maximum atomic E-state index is 12.9. The summed E-state index contributed by atoms with van der Waals surface area (Å²) in [5.74, 6) is -1.58. The Morgan fingerprint density at radius 2 is 1.70 bits per heavy atom. The zero-order valence-electron chi connectivity index (χ0n) is 18.7. The zero-order valence-corrected chi connectivity index (χ0v) is 18.7. The molecule has 0 heterocycles. The molecule has 0 spiro atoms. The van der Waals surface area contributed by atoms with Crippen molar-refractivity contribution in [1.29, 1.82) is 0 Å². The van der Waals surface area contributed by atoms with Crippen LogP contribution in [-0.2, 0) is 19.2 Å². The zero-order chi connectivity index (χ0) is 23.6. The number of alkyl carbamates (subject to hydrolysis) is 1. The first kappa shape index (κ1) is 22.8. The third-order valence-corrected chi connectivity index (χ3v) is 6.75. The summed E-state index contributed by atoms with van der Waals surface area (Å²) < 4.78 is 5.63. The molecule has 2 aromatic rings. The number of carbonyl (C=O) groups excluding carboxylic acids is 2. The first-order valence-corrected chi connectivity index (χ1v) is 11.1. The number of hydrogen-bond acceptors (Lipinski definition) is 5. The van der Waals surface area contributed by atoms with Crippen LogP contribution >= 0.6 is 0 Å². The highest BCUT2D eigenvalue weighted by Gasteiger charge is 2.47. The minimum atomic E-state index is -1.17. The number of ether oxygens (including phenoxy) is 1. The van der Waals surface area contributed by atoms with Gasteiger partial charge in [-0.15, -0.1) is 0 Å². The second-order valence-corrected chi connectivity index (χ2v) is 8.80. The van der Waals surface area contributed by atoms with Gasteiger partial charge in [0, 0.05) is 19.0 Å². The highest BCUT2D eigenvalue weighted by molar-refractivity contribution is 5.84. The number of nitrogens with one attached hydrogen (secondary N) is 1. The summed E-state index contributed by atoms with van der Waals surface area (Å²) >= 11 is 0. The van der Waals surface area contributed by atoms with Gasteiger partial charge >= 0.3 is 12.1 Å². The molecule has 0 aromatic heterocycles. The van der Waals surface area contributed by atoms with E-state index < -0.39 is 30.1 Å². The van der Waals surface area contributed by atoms with E-state index in [0.717, 1.165) is 33.7 Å². The molecule has 2 N–H and O–H groups in total. The molecule has 1 fully saturated rings. The number of hydrogen-bond donors (Lipinski definition) is 2. The quantitative estimate of drug-likeness (QED) is 0.623. The number of fused-ring (bicyclic) bond motifs is 3. The Morgan fingerprint density at radius 1 is 1.09 bits per heavy atom. The van der Waals surface area contributed by atoms with E-state index >= 15 is 0 Å². The van der Waals surface area contributed by atoms with Gasteiger partial charge in [0.25, 0.3) is 5.91 Å². The Hall–Kier alpha value is -3.39. The molecule has 8 heteroatoms. The van der Waals surface area contributed by atoms with Crippen LogP contribution in [0.25, 0.3) is 11.1 Å². The summed E-state index contributed by atoms with van der Waals surface area (Å²) in [5.41, 5.74) is 3.66. The minimum Gasteiger partial charge on any atom is -0.479 e. The number of nitrogens with zero attached hydrogens (tertiary/aromatic N) is 1. The highest BCUT2D eigenvalue weighted by Crippen LogP contribution is 2.44. The largest absolute Gasteiger partial charge is 0.479 e. The van der Waals surface area contributed by atoms with Crippen LogP contribution in [0.3, 0.4) is 0 Å². The van der Waals surface area contributed by atoms with Gasteiger partial charge in [0.15, 0.2) is 6.61 Å². The highest BCUT2D eigenvalue weighted by atomic mass is 16.7. The Bertz CT molecular complexity index is 1020. The van der Waals surface area contributed by atoms with E-state index in [1.165, 1.54) is 7.05 Å². The van der Waals surface area contributed by atoms with E-state index in [1.807, 2.05) is 24.3 Å². The van der Waals surface area contributed by atoms with Gasteiger partial charge in [-0.2, -0.15) is 0 Å². The predicted molar refractivity (Wildman–Crippen MR) is 120 cm³/mol. The van der Waals surface area contributed by atoms with Gasteiger partial charge in [0.05, 0.1) is 5.41 Å². The number of benzene rings is 2. The van der Waals surface area contributed by atoms with Gasteiger partial charge in [0.2, 0.25) is 0 Å². The van der Waals surface area contributed by atoms with Crippen LogP contribution in [0.1, 0.15) is 43.2 Å². The van der Waals surface area contributed by atoms with Crippen molar-refractivity contribution in [3.63, 3.8) is 0 Å². The molecule has 2 aliphatic rings. The number of hydroxylamine groups is 2. The molecule has 2 amide bonds. The summed E-state index contributed by atoms with van der Waals surface area (Å²) in [6.45, 7) is 1.35. The number of aliphatic carboxylic acids is 1. The van der Waals surface area contributed by atoms with Crippen LogP contribution in [0, 0.1) is 5.41 Å². The van der Waals surface area contributed by atoms with Crippen LogP contribution in [-0.4, -0.2) is 54.4 Å². The Kier molecular flexibility index (Phi) is 6.37. The Labute approximate surface area is 192 Å². The van der Waals surface area contributed by atoms with Gasteiger partial charge < -0.3 is 15.2 Å². The topological polar surface area (TPSA) is 105 Å². The third kappa shape index (κ3) is 4.43. The summed E-state index contributed by atoms with van der Waals surface area (Å²) in [4.78, 5) is 41.4. The molecule has 0 aliphatic heterocycles. The fraction of sp³-hybridized carbons (Fsp3) is 0.400. The number of carbonyl (C=O) groups is 3. The molecule has 174 valence electrons. The standard InChI is InChI=1S/C25H28N2O6/c1-25(23(30)27(2)33-15-22(28)29)13-7-12-21(25)26-24(31)32-14-20-18-10-5-3-8-16(18)17-9-4-6-11-19(17)20/h3-6,8-11,20-21H,7,12-15H2,1-2H3,(H,26,31)(H,28,29). The van der Waals surface area contributed by atoms with Crippen molar-refractivity contribution in [2.75, 3.05) is 20.3 Å². The first-order valence-electron chi connectivity index (χ1n) is 11.1. The van der Waals surface area contributed by atoms with Crippen molar-refractivity contribution in [2.45, 2.75) is 38.1 Å². The van der Waals surface area contributed by atoms with Crippen LogP contribution < -0.4 is 5.32 Å². The van der Waals surface area contributed by atoms with E-state index in [1.54, 1.807) is 6.92 Å². The summed E-state index contributed by atoms with van der Waals surface area (Å²) in [5, 5.41) is 12.6. The Morgan fingerprint density at radius 3 is 2.30 bits per heavy atom. The maximum Gasteiger partial charge on any atom is 0.407 e. The van der Waals surface area contributed by atoms with Crippen LogP contribution in [0.5, 0.6) is 0 Å². The van der Waals surface area contributed by atoms with E-state index in [2.05, 4.69) is 29.6 Å². The molecule has 1 saturated carbocycles. The molecule has 2 unspecified atom stereocenters. The molecule has 2 aromatic carbocycles. The van der Waals surface area contributed by atoms with Crippen molar-refractivity contribution in [2.24, 2.45) is 5.41 Å². The van der Waals surface area contributed by atoms with Crippen molar-refractivity contribution >= 4 is 18.0 Å². The molecule has 8 nitrogen and oxygen atoms in total. The van der Waals surface area contributed by atoms with Gasteiger partial charge in [-0.1, -0.05) is 55.0 Å². The monoisotopic (exact) mass is 452 g/mol. The second-order valence-electron chi connectivity index (χ2n) is 8.80. The van der Waals surface area contributed by atoms with Gasteiger partial charge in [-0.05, 0) is 42.0 Å². The smallest absolute Gasteiger partial charge is 0.407 e. The fourth-order valence-corrected chi connectivity index (χ4v) is 5.01. The SMILES string of the molecule is CN(OCC(=O)O)C(=O)C1(C)CCCC1NC(=O)OCC1c2ccccc2-c2ccccc21. The van der Waals surface area contributed by atoms with Crippen molar-refractivity contribution in [3.8, 4) is 11.1 Å². The number of carboxylic acid groups (broad SMARTS) is 1. The lowest BCUT2D eigenvalue weighted by atomic mass is 9.83. The van der Waals surface area contributed by atoms with Gasteiger partial charge in [0.1, 0.15) is 6.61 Å². The van der Waals surface area contributed by atoms with E-state index in [9.17, 15) is 14.4 Å². The molecule has 0 saturated heterocycles. The predicted octanol–water partition coefficient (Wildman–Crippen LogP) is 3.56.